The van der Waals surface area contributed by atoms with E-state index in [9.17, 15) is 5.26 Å². The number of hydrogen-bond acceptors (Lipinski definition) is 3. The minimum absolute atomic E-state index is 0.563. The van der Waals surface area contributed by atoms with Gasteiger partial charge in [-0.2, -0.15) is 10.4 Å². The monoisotopic (exact) mass is 354 g/mol. The SMILES string of the molecule is N#Cc1ccccc1-n1nc(-c2c(Cl)cccc2Cl)c2c1NCC2. The van der Waals surface area contributed by atoms with Crippen LogP contribution in [0, 0.1) is 11.3 Å². The molecule has 2 aromatic carbocycles. The van der Waals surface area contributed by atoms with Gasteiger partial charge in [-0.3, -0.25) is 0 Å². The van der Waals surface area contributed by atoms with E-state index in [1.54, 1.807) is 22.9 Å². The first-order valence-electron chi connectivity index (χ1n) is 7.50. The summed E-state index contributed by atoms with van der Waals surface area (Å²) < 4.78 is 1.77. The Morgan fingerprint density at radius 2 is 1.83 bits per heavy atom. The quantitative estimate of drug-likeness (QED) is 0.726. The molecule has 0 spiro atoms. The smallest absolute Gasteiger partial charge is 0.133 e. The van der Waals surface area contributed by atoms with Crippen molar-refractivity contribution in [1.29, 1.82) is 5.26 Å². The minimum Gasteiger partial charge on any atom is -0.369 e. The summed E-state index contributed by atoms with van der Waals surface area (Å²) in [4.78, 5) is 0. The van der Waals surface area contributed by atoms with Crippen LogP contribution in [0.4, 0.5) is 5.82 Å². The summed E-state index contributed by atoms with van der Waals surface area (Å²) in [7, 11) is 0. The molecule has 1 aliphatic heterocycles. The Morgan fingerprint density at radius 3 is 2.58 bits per heavy atom. The van der Waals surface area contributed by atoms with Crippen LogP contribution in [0.2, 0.25) is 10.0 Å². The first-order valence-corrected chi connectivity index (χ1v) is 8.26. The molecule has 6 heteroatoms. The summed E-state index contributed by atoms with van der Waals surface area (Å²) in [5, 5.41) is 18.6. The van der Waals surface area contributed by atoms with Crippen molar-refractivity contribution in [3.05, 3.63) is 63.6 Å². The van der Waals surface area contributed by atoms with Gasteiger partial charge in [-0.1, -0.05) is 41.4 Å². The van der Waals surface area contributed by atoms with Crippen molar-refractivity contribution in [3.8, 4) is 23.0 Å². The lowest BCUT2D eigenvalue weighted by atomic mass is 10.1. The fourth-order valence-corrected chi connectivity index (χ4v) is 3.60. The summed E-state index contributed by atoms with van der Waals surface area (Å²) in [5.74, 6) is 0.892. The van der Waals surface area contributed by atoms with Gasteiger partial charge in [0.1, 0.15) is 17.6 Å². The van der Waals surface area contributed by atoms with Gasteiger partial charge >= 0.3 is 0 Å². The van der Waals surface area contributed by atoms with Gasteiger partial charge in [0.15, 0.2) is 0 Å². The number of hydrogen-bond donors (Lipinski definition) is 1. The number of fused-ring (bicyclic) bond motifs is 1. The molecule has 0 saturated carbocycles. The molecule has 118 valence electrons. The summed E-state index contributed by atoms with van der Waals surface area (Å²) >= 11 is 12.7. The molecular formula is C18H12Cl2N4. The van der Waals surface area contributed by atoms with Crippen LogP contribution in [-0.2, 0) is 6.42 Å². The summed E-state index contributed by atoms with van der Waals surface area (Å²) in [5.41, 5.74) is 3.86. The Bertz CT molecular complexity index is 965. The number of nitrogens with one attached hydrogen (secondary N) is 1. The Labute approximate surface area is 149 Å². The Hall–Kier alpha value is -2.48. The van der Waals surface area contributed by atoms with Crippen LogP contribution in [0.5, 0.6) is 0 Å². The molecule has 1 N–H and O–H groups in total. The lowest BCUT2D eigenvalue weighted by molar-refractivity contribution is 0.879. The fourth-order valence-electron chi connectivity index (χ4n) is 3.03. The molecule has 1 aliphatic rings. The van der Waals surface area contributed by atoms with E-state index < -0.39 is 0 Å². The number of halogens is 2. The van der Waals surface area contributed by atoms with Gasteiger partial charge < -0.3 is 5.32 Å². The van der Waals surface area contributed by atoms with Gasteiger partial charge in [0.25, 0.3) is 0 Å². The maximum Gasteiger partial charge on any atom is 0.133 e. The zero-order valence-electron chi connectivity index (χ0n) is 12.6. The maximum atomic E-state index is 9.39. The molecule has 0 aliphatic carbocycles. The average Bonchev–Trinajstić information content (AvgIpc) is 3.18. The highest BCUT2D eigenvalue weighted by Gasteiger charge is 2.26. The predicted molar refractivity (Wildman–Crippen MR) is 95.9 cm³/mol. The van der Waals surface area contributed by atoms with E-state index in [2.05, 4.69) is 11.4 Å². The van der Waals surface area contributed by atoms with E-state index in [0.717, 1.165) is 41.3 Å². The molecule has 0 atom stereocenters. The molecule has 4 nitrogen and oxygen atoms in total. The molecule has 0 fully saturated rings. The van der Waals surface area contributed by atoms with Gasteiger partial charge in [0.2, 0.25) is 0 Å². The normalized spacial score (nSPS) is 12.5. The van der Waals surface area contributed by atoms with Crippen LogP contribution >= 0.6 is 23.2 Å². The van der Waals surface area contributed by atoms with E-state index in [4.69, 9.17) is 28.3 Å². The molecule has 2 heterocycles. The van der Waals surface area contributed by atoms with Crippen molar-refractivity contribution in [3.63, 3.8) is 0 Å². The van der Waals surface area contributed by atoms with Crippen molar-refractivity contribution in [2.75, 3.05) is 11.9 Å². The maximum absolute atomic E-state index is 9.39. The second-order valence-electron chi connectivity index (χ2n) is 5.49. The molecule has 24 heavy (non-hydrogen) atoms. The van der Waals surface area contributed by atoms with Gasteiger partial charge in [0, 0.05) is 17.7 Å². The van der Waals surface area contributed by atoms with E-state index in [1.807, 2.05) is 24.3 Å². The van der Waals surface area contributed by atoms with Crippen molar-refractivity contribution in [2.45, 2.75) is 6.42 Å². The van der Waals surface area contributed by atoms with E-state index in [-0.39, 0.29) is 0 Å². The minimum atomic E-state index is 0.563. The van der Waals surface area contributed by atoms with Gasteiger partial charge in [0.05, 0.1) is 21.3 Å². The van der Waals surface area contributed by atoms with Gasteiger partial charge in [-0.25, -0.2) is 4.68 Å². The number of rotatable bonds is 2. The van der Waals surface area contributed by atoms with Crippen molar-refractivity contribution in [2.24, 2.45) is 0 Å². The highest BCUT2D eigenvalue weighted by Crippen LogP contribution is 2.41. The topological polar surface area (TPSA) is 53.6 Å². The number of benzene rings is 2. The Kier molecular flexibility index (Phi) is 3.68. The third-order valence-electron chi connectivity index (χ3n) is 4.10. The predicted octanol–water partition coefficient (Wildman–Crippen LogP) is 4.69. The molecule has 0 bridgehead atoms. The van der Waals surface area contributed by atoms with E-state index in [1.165, 1.54) is 0 Å². The number of para-hydroxylation sites is 1. The van der Waals surface area contributed by atoms with Crippen LogP contribution in [-0.4, -0.2) is 16.3 Å². The fraction of sp³-hybridized carbons (Fsp3) is 0.111. The molecule has 0 amide bonds. The molecule has 4 rings (SSSR count). The molecule has 1 aromatic heterocycles. The second kappa shape index (κ2) is 5.86. The summed E-state index contributed by atoms with van der Waals surface area (Å²) in [6.45, 7) is 0.816. The highest BCUT2D eigenvalue weighted by atomic mass is 35.5. The molecule has 3 aromatic rings. The lowest BCUT2D eigenvalue weighted by Crippen LogP contribution is -2.05. The van der Waals surface area contributed by atoms with Crippen LogP contribution in [0.15, 0.2) is 42.5 Å². The van der Waals surface area contributed by atoms with Crippen LogP contribution < -0.4 is 5.32 Å². The third-order valence-corrected chi connectivity index (χ3v) is 4.73. The van der Waals surface area contributed by atoms with Gasteiger partial charge in [-0.15, -0.1) is 0 Å². The second-order valence-corrected chi connectivity index (χ2v) is 6.30. The number of nitriles is 1. The summed E-state index contributed by atoms with van der Waals surface area (Å²) in [6.07, 6.45) is 0.834. The Balaban J connectivity index is 1.99. The standard InChI is InChI=1S/C18H12Cl2N4/c19-13-5-3-6-14(20)16(13)17-12-8-9-22-18(12)24(23-17)15-7-2-1-4-11(15)10-21/h1-7,22H,8-9H2. The summed E-state index contributed by atoms with van der Waals surface area (Å²) in [6, 6.07) is 15.0. The average molecular weight is 355 g/mol. The first-order chi connectivity index (χ1) is 11.7. The Morgan fingerprint density at radius 1 is 1.08 bits per heavy atom. The first kappa shape index (κ1) is 15.1. The third kappa shape index (κ3) is 2.25. The lowest BCUT2D eigenvalue weighted by Gasteiger charge is -2.08. The van der Waals surface area contributed by atoms with Crippen molar-refractivity contribution >= 4 is 29.0 Å². The largest absolute Gasteiger partial charge is 0.369 e. The van der Waals surface area contributed by atoms with E-state index >= 15 is 0 Å². The number of aromatic nitrogens is 2. The molecule has 0 saturated heterocycles. The van der Waals surface area contributed by atoms with Crippen molar-refractivity contribution < 1.29 is 0 Å². The zero-order chi connectivity index (χ0) is 16.7. The molecular weight excluding hydrogens is 343 g/mol. The van der Waals surface area contributed by atoms with Crippen LogP contribution in [0.3, 0.4) is 0 Å². The highest BCUT2D eigenvalue weighted by molar-refractivity contribution is 6.39. The van der Waals surface area contributed by atoms with Crippen LogP contribution in [0.25, 0.3) is 16.9 Å². The number of nitrogens with zero attached hydrogens (tertiary/aromatic N) is 3. The van der Waals surface area contributed by atoms with Crippen LogP contribution in [0.1, 0.15) is 11.1 Å². The van der Waals surface area contributed by atoms with E-state index in [0.29, 0.717) is 15.6 Å². The molecule has 0 radical (unpaired) electrons. The molecule has 0 unspecified atom stereocenters. The van der Waals surface area contributed by atoms with Crippen molar-refractivity contribution in [1.82, 2.24) is 9.78 Å². The van der Waals surface area contributed by atoms with Gasteiger partial charge in [-0.05, 0) is 30.7 Å². The number of anilines is 1. The zero-order valence-corrected chi connectivity index (χ0v) is 14.1.